The van der Waals surface area contributed by atoms with Gasteiger partial charge in [0.1, 0.15) is 0 Å². The van der Waals surface area contributed by atoms with Gasteiger partial charge in [-0.05, 0) is 39.2 Å². The molecule has 1 atom stereocenters. The van der Waals surface area contributed by atoms with Crippen LogP contribution in [0.4, 0.5) is 0 Å². The Morgan fingerprint density at radius 3 is 2.58 bits per heavy atom. The molecule has 0 bridgehead atoms. The van der Waals surface area contributed by atoms with Crippen LogP contribution in [-0.2, 0) is 4.79 Å². The Labute approximate surface area is 148 Å². The molecule has 0 radical (unpaired) electrons. The number of nitrogens with zero attached hydrogens (tertiary/aromatic N) is 1. The van der Waals surface area contributed by atoms with E-state index in [-0.39, 0.29) is 0 Å². The van der Waals surface area contributed by atoms with Gasteiger partial charge in [0, 0.05) is 0 Å². The van der Waals surface area contributed by atoms with E-state index < -0.39 is 12.0 Å². The fourth-order valence-corrected chi connectivity index (χ4v) is 2.65. The second kappa shape index (κ2) is 8.47. The number of methoxy groups -OCH3 is 2. The maximum Gasteiger partial charge on any atom is 0.273 e. The molecule has 0 aliphatic carbocycles. The molecule has 1 amide bonds. The third kappa shape index (κ3) is 4.33. The molecule has 0 saturated heterocycles. The summed E-state index contributed by atoms with van der Waals surface area (Å²) in [5.74, 6) is 0.485. The van der Waals surface area contributed by atoms with E-state index >= 15 is 0 Å². The lowest BCUT2D eigenvalue weighted by Crippen LogP contribution is -2.25. The molecule has 6 nitrogen and oxygen atoms in total. The summed E-state index contributed by atoms with van der Waals surface area (Å²) in [6.45, 7) is 0. The summed E-state index contributed by atoms with van der Waals surface area (Å²) >= 11 is 3.38. The van der Waals surface area contributed by atoms with E-state index in [9.17, 15) is 9.90 Å². The van der Waals surface area contributed by atoms with Crippen LogP contribution in [0.2, 0.25) is 0 Å². The van der Waals surface area contributed by atoms with Crippen LogP contribution in [0, 0.1) is 0 Å². The molecule has 0 saturated carbocycles. The van der Waals surface area contributed by atoms with Crippen molar-refractivity contribution in [2.24, 2.45) is 5.10 Å². The van der Waals surface area contributed by atoms with Crippen molar-refractivity contribution in [2.75, 3.05) is 14.2 Å². The van der Waals surface area contributed by atoms with Crippen LogP contribution in [0.5, 0.6) is 11.5 Å². The number of hydrazone groups is 1. The van der Waals surface area contributed by atoms with Crippen LogP contribution < -0.4 is 14.9 Å². The van der Waals surface area contributed by atoms with Crippen LogP contribution >= 0.6 is 15.9 Å². The monoisotopic (exact) mass is 392 g/mol. The molecule has 0 aliphatic heterocycles. The van der Waals surface area contributed by atoms with Crippen molar-refractivity contribution >= 4 is 28.1 Å². The summed E-state index contributed by atoms with van der Waals surface area (Å²) in [6.07, 6.45) is 0.169. The molecule has 0 unspecified atom stereocenters. The molecule has 2 aromatic carbocycles. The number of nitrogens with one attached hydrogen (secondary N) is 1. The van der Waals surface area contributed by atoms with Gasteiger partial charge in [-0.25, -0.2) is 5.43 Å². The van der Waals surface area contributed by atoms with Crippen LogP contribution in [0.3, 0.4) is 0 Å². The molecule has 0 aliphatic rings. The molecular weight excluding hydrogens is 376 g/mol. The standard InChI is InChI=1S/C17H17BrN2O4/c1-23-14-9-11(8-13(18)16(14)24-2)10-19-20-17(22)15(21)12-6-4-3-5-7-12/h3-10,15,21H,1-2H3,(H,20,22)/b19-10-/t15-/m0/s1. The minimum absolute atomic E-state index is 0.499. The number of aliphatic hydroxyl groups excluding tert-OH is 1. The number of hydrogen-bond acceptors (Lipinski definition) is 5. The first-order valence-electron chi connectivity index (χ1n) is 7.04. The van der Waals surface area contributed by atoms with Crippen LogP contribution in [-0.4, -0.2) is 31.4 Å². The second-order valence-electron chi connectivity index (χ2n) is 4.79. The zero-order valence-electron chi connectivity index (χ0n) is 13.2. The number of carbonyl (C=O) groups is 1. The van der Waals surface area contributed by atoms with Gasteiger partial charge in [-0.2, -0.15) is 5.10 Å². The van der Waals surface area contributed by atoms with Gasteiger partial charge in [-0.3, -0.25) is 4.79 Å². The van der Waals surface area contributed by atoms with Gasteiger partial charge in [-0.1, -0.05) is 30.3 Å². The van der Waals surface area contributed by atoms with Gasteiger partial charge < -0.3 is 14.6 Å². The van der Waals surface area contributed by atoms with Gasteiger partial charge in [0.25, 0.3) is 5.91 Å². The Morgan fingerprint density at radius 1 is 1.25 bits per heavy atom. The quantitative estimate of drug-likeness (QED) is 0.584. The number of hydrogen-bond donors (Lipinski definition) is 2. The van der Waals surface area contributed by atoms with Crippen molar-refractivity contribution in [3.63, 3.8) is 0 Å². The van der Waals surface area contributed by atoms with Crippen molar-refractivity contribution in [1.29, 1.82) is 0 Å². The van der Waals surface area contributed by atoms with Crippen molar-refractivity contribution in [3.8, 4) is 11.5 Å². The molecule has 2 aromatic rings. The average Bonchev–Trinajstić information content (AvgIpc) is 2.61. The molecular formula is C17H17BrN2O4. The predicted molar refractivity (Wildman–Crippen MR) is 94.4 cm³/mol. The lowest BCUT2D eigenvalue weighted by molar-refractivity contribution is -0.129. The van der Waals surface area contributed by atoms with Gasteiger partial charge in [-0.15, -0.1) is 0 Å². The molecule has 126 valence electrons. The van der Waals surface area contributed by atoms with E-state index in [1.807, 2.05) is 0 Å². The normalized spacial score (nSPS) is 12.0. The molecule has 0 heterocycles. The van der Waals surface area contributed by atoms with Crippen molar-refractivity contribution in [2.45, 2.75) is 6.10 Å². The van der Waals surface area contributed by atoms with Gasteiger partial charge in [0.2, 0.25) is 0 Å². The first-order valence-corrected chi connectivity index (χ1v) is 7.83. The van der Waals surface area contributed by atoms with E-state index in [1.54, 1.807) is 49.6 Å². The largest absolute Gasteiger partial charge is 0.493 e. The minimum Gasteiger partial charge on any atom is -0.493 e. The number of rotatable bonds is 6. The van der Waals surface area contributed by atoms with Crippen LogP contribution in [0.15, 0.2) is 52.0 Å². The molecule has 0 fully saturated rings. The zero-order valence-corrected chi connectivity index (χ0v) is 14.8. The first-order chi connectivity index (χ1) is 11.6. The molecule has 2 rings (SSSR count). The van der Waals surface area contributed by atoms with E-state index in [0.717, 1.165) is 0 Å². The van der Waals surface area contributed by atoms with E-state index in [0.29, 0.717) is 27.1 Å². The highest BCUT2D eigenvalue weighted by molar-refractivity contribution is 9.10. The molecule has 24 heavy (non-hydrogen) atoms. The summed E-state index contributed by atoms with van der Waals surface area (Å²) in [7, 11) is 3.07. The van der Waals surface area contributed by atoms with Crippen LogP contribution in [0.1, 0.15) is 17.2 Å². The lowest BCUT2D eigenvalue weighted by Gasteiger charge is -2.10. The number of benzene rings is 2. The molecule has 0 spiro atoms. The van der Waals surface area contributed by atoms with Gasteiger partial charge in [0.05, 0.1) is 24.9 Å². The smallest absolute Gasteiger partial charge is 0.273 e. The minimum atomic E-state index is -1.28. The summed E-state index contributed by atoms with van der Waals surface area (Å²) in [6, 6.07) is 12.1. The maximum atomic E-state index is 11.9. The highest BCUT2D eigenvalue weighted by Gasteiger charge is 2.16. The Hall–Kier alpha value is -2.38. The van der Waals surface area contributed by atoms with Crippen molar-refractivity contribution in [3.05, 3.63) is 58.1 Å². The van der Waals surface area contributed by atoms with E-state index in [2.05, 4.69) is 26.5 Å². The summed E-state index contributed by atoms with van der Waals surface area (Å²) in [5.41, 5.74) is 3.50. The van der Waals surface area contributed by atoms with Crippen LogP contribution in [0.25, 0.3) is 0 Å². The third-order valence-corrected chi connectivity index (χ3v) is 3.80. The fourth-order valence-electron chi connectivity index (χ4n) is 2.03. The lowest BCUT2D eigenvalue weighted by atomic mass is 10.1. The van der Waals surface area contributed by atoms with Gasteiger partial charge >= 0.3 is 0 Å². The number of halogens is 1. The summed E-state index contributed by atoms with van der Waals surface area (Å²) in [4.78, 5) is 11.9. The third-order valence-electron chi connectivity index (χ3n) is 3.21. The number of amides is 1. The van der Waals surface area contributed by atoms with E-state index in [4.69, 9.17) is 9.47 Å². The van der Waals surface area contributed by atoms with Crippen molar-refractivity contribution in [1.82, 2.24) is 5.43 Å². The summed E-state index contributed by atoms with van der Waals surface area (Å²) < 4.78 is 11.2. The topological polar surface area (TPSA) is 80.2 Å². The number of ether oxygens (including phenoxy) is 2. The highest BCUT2D eigenvalue weighted by Crippen LogP contribution is 2.35. The Bertz CT molecular complexity index is 735. The average molecular weight is 393 g/mol. The zero-order chi connectivity index (χ0) is 17.5. The highest BCUT2D eigenvalue weighted by atomic mass is 79.9. The van der Waals surface area contributed by atoms with E-state index in [1.165, 1.54) is 13.3 Å². The molecule has 7 heteroatoms. The number of carbonyl (C=O) groups excluding carboxylic acids is 1. The second-order valence-corrected chi connectivity index (χ2v) is 5.64. The van der Waals surface area contributed by atoms with Gasteiger partial charge in [0.15, 0.2) is 17.6 Å². The summed E-state index contributed by atoms with van der Waals surface area (Å²) in [5, 5.41) is 13.8. The Kier molecular flexibility index (Phi) is 6.34. The Morgan fingerprint density at radius 2 is 1.96 bits per heavy atom. The number of aliphatic hydroxyl groups is 1. The Balaban J connectivity index is 2.06. The van der Waals surface area contributed by atoms with Crippen molar-refractivity contribution < 1.29 is 19.4 Å². The first kappa shape index (κ1) is 18.0. The molecule has 2 N–H and O–H groups in total. The fraction of sp³-hybridized carbons (Fsp3) is 0.176. The molecule has 0 aromatic heterocycles. The SMILES string of the molecule is COc1cc(/C=N\NC(=O)[C@@H](O)c2ccccc2)cc(Br)c1OC. The maximum absolute atomic E-state index is 11.9. The predicted octanol–water partition coefficient (Wildman–Crippen LogP) is 2.65.